The van der Waals surface area contributed by atoms with Gasteiger partial charge in [-0.25, -0.2) is 4.68 Å². The van der Waals surface area contributed by atoms with E-state index in [9.17, 15) is 0 Å². The van der Waals surface area contributed by atoms with Gasteiger partial charge in [-0.05, 0) is 25.5 Å². The van der Waals surface area contributed by atoms with Crippen molar-refractivity contribution >= 4 is 11.6 Å². The second-order valence-electron chi connectivity index (χ2n) is 4.25. The van der Waals surface area contributed by atoms with E-state index in [1.54, 1.807) is 0 Å². The van der Waals surface area contributed by atoms with Crippen LogP contribution in [0.2, 0.25) is 0 Å². The zero-order valence-electron chi connectivity index (χ0n) is 10.3. The van der Waals surface area contributed by atoms with Crippen molar-refractivity contribution in [3.8, 4) is 5.69 Å². The minimum absolute atomic E-state index is 0.529. The monoisotopic (exact) mass is 248 g/mol. The van der Waals surface area contributed by atoms with Crippen LogP contribution in [0.25, 0.3) is 5.69 Å². The molecule has 2 aromatic rings. The maximum Gasteiger partial charge on any atom is 0.0649 e. The van der Waals surface area contributed by atoms with Crippen LogP contribution in [0.3, 0.4) is 0 Å². The summed E-state index contributed by atoms with van der Waals surface area (Å²) in [6, 6.07) is 8.40. The van der Waals surface area contributed by atoms with E-state index in [2.05, 4.69) is 43.2 Å². The lowest BCUT2D eigenvalue weighted by Crippen LogP contribution is -2.03. The highest BCUT2D eigenvalue weighted by Gasteiger charge is 2.10. The average molecular weight is 249 g/mol. The Balaban J connectivity index is 2.43. The van der Waals surface area contributed by atoms with Gasteiger partial charge in [0.15, 0.2) is 0 Å². The van der Waals surface area contributed by atoms with Crippen LogP contribution in [0, 0.1) is 6.92 Å². The van der Waals surface area contributed by atoms with Crippen molar-refractivity contribution in [3.63, 3.8) is 0 Å². The van der Waals surface area contributed by atoms with Crippen LogP contribution in [0.15, 0.2) is 30.5 Å². The van der Waals surface area contributed by atoms with Crippen molar-refractivity contribution in [3.05, 3.63) is 47.3 Å². The summed E-state index contributed by atoms with van der Waals surface area (Å²) in [4.78, 5) is 0. The van der Waals surface area contributed by atoms with E-state index in [4.69, 9.17) is 11.6 Å². The van der Waals surface area contributed by atoms with E-state index in [0.29, 0.717) is 5.88 Å². The first-order valence-corrected chi connectivity index (χ1v) is 6.48. The lowest BCUT2D eigenvalue weighted by molar-refractivity contribution is 0.771. The fourth-order valence-electron chi connectivity index (χ4n) is 1.93. The summed E-state index contributed by atoms with van der Waals surface area (Å²) in [5.41, 5.74) is 4.73. The first kappa shape index (κ1) is 12.2. The standard InChI is InChI=1S/C14H17ClN2/c1-3-4-14-12(9-15)10-16-17(14)13-7-5-11(2)6-8-13/h5-8,10H,3-4,9H2,1-2H3. The minimum atomic E-state index is 0.529. The zero-order valence-corrected chi connectivity index (χ0v) is 11.0. The van der Waals surface area contributed by atoms with E-state index in [1.807, 2.05) is 10.9 Å². The smallest absolute Gasteiger partial charge is 0.0649 e. The predicted molar refractivity (Wildman–Crippen MR) is 71.9 cm³/mol. The molecule has 0 aliphatic heterocycles. The topological polar surface area (TPSA) is 17.8 Å². The van der Waals surface area contributed by atoms with Crippen molar-refractivity contribution in [2.24, 2.45) is 0 Å². The van der Waals surface area contributed by atoms with Crippen LogP contribution in [-0.2, 0) is 12.3 Å². The molecule has 1 heterocycles. The molecule has 0 bridgehead atoms. The molecule has 1 aromatic carbocycles. The van der Waals surface area contributed by atoms with E-state index < -0.39 is 0 Å². The first-order chi connectivity index (χ1) is 8.26. The Hall–Kier alpha value is -1.28. The van der Waals surface area contributed by atoms with Gasteiger partial charge in [-0.2, -0.15) is 5.10 Å². The van der Waals surface area contributed by atoms with Gasteiger partial charge in [0.1, 0.15) is 0 Å². The summed E-state index contributed by atoms with van der Waals surface area (Å²) in [6.45, 7) is 4.26. The quantitative estimate of drug-likeness (QED) is 0.751. The van der Waals surface area contributed by atoms with Crippen LogP contribution in [0.4, 0.5) is 0 Å². The molecule has 2 rings (SSSR count). The predicted octanol–water partition coefficient (Wildman–Crippen LogP) is 3.87. The second kappa shape index (κ2) is 5.37. The Labute approximate surface area is 107 Å². The highest BCUT2D eigenvalue weighted by molar-refractivity contribution is 6.17. The fraction of sp³-hybridized carbons (Fsp3) is 0.357. The molecule has 0 atom stereocenters. The molecule has 17 heavy (non-hydrogen) atoms. The Kier molecular flexibility index (Phi) is 3.85. The molecule has 0 unspecified atom stereocenters. The number of rotatable bonds is 4. The molecular weight excluding hydrogens is 232 g/mol. The van der Waals surface area contributed by atoms with Crippen LogP contribution in [-0.4, -0.2) is 9.78 Å². The molecule has 0 radical (unpaired) electrons. The van der Waals surface area contributed by atoms with Gasteiger partial charge in [0.25, 0.3) is 0 Å². The third-order valence-electron chi connectivity index (χ3n) is 2.86. The molecule has 0 aliphatic rings. The van der Waals surface area contributed by atoms with Crippen LogP contribution < -0.4 is 0 Å². The average Bonchev–Trinajstić information content (AvgIpc) is 2.74. The first-order valence-electron chi connectivity index (χ1n) is 5.95. The number of aryl methyl sites for hydroxylation is 1. The summed E-state index contributed by atoms with van der Waals surface area (Å²) in [5, 5.41) is 4.44. The van der Waals surface area contributed by atoms with Crippen LogP contribution in [0.5, 0.6) is 0 Å². The normalized spacial score (nSPS) is 10.8. The molecule has 0 fully saturated rings. The van der Waals surface area contributed by atoms with Gasteiger partial charge in [0.05, 0.1) is 17.8 Å². The number of alkyl halides is 1. The summed E-state index contributed by atoms with van der Waals surface area (Å²) < 4.78 is 2.00. The maximum atomic E-state index is 5.94. The highest BCUT2D eigenvalue weighted by atomic mass is 35.5. The third kappa shape index (κ3) is 2.52. The van der Waals surface area contributed by atoms with Gasteiger partial charge in [-0.1, -0.05) is 31.0 Å². The fourth-order valence-corrected chi connectivity index (χ4v) is 2.15. The number of hydrogen-bond acceptors (Lipinski definition) is 1. The van der Waals surface area contributed by atoms with E-state index in [0.717, 1.165) is 24.1 Å². The highest BCUT2D eigenvalue weighted by Crippen LogP contribution is 2.18. The minimum Gasteiger partial charge on any atom is -0.238 e. The largest absolute Gasteiger partial charge is 0.238 e. The zero-order chi connectivity index (χ0) is 12.3. The Morgan fingerprint density at radius 2 is 1.94 bits per heavy atom. The van der Waals surface area contributed by atoms with E-state index in [1.165, 1.54) is 11.3 Å². The number of aromatic nitrogens is 2. The SMILES string of the molecule is CCCc1c(CCl)cnn1-c1ccc(C)cc1. The molecule has 0 saturated heterocycles. The van der Waals surface area contributed by atoms with Crippen LogP contribution in [0.1, 0.15) is 30.2 Å². The third-order valence-corrected chi connectivity index (χ3v) is 3.15. The molecule has 0 N–H and O–H groups in total. The molecule has 2 nitrogen and oxygen atoms in total. The Morgan fingerprint density at radius 3 is 2.53 bits per heavy atom. The lowest BCUT2D eigenvalue weighted by atomic mass is 10.1. The molecule has 0 aliphatic carbocycles. The maximum absolute atomic E-state index is 5.94. The number of hydrogen-bond donors (Lipinski definition) is 0. The van der Waals surface area contributed by atoms with Crippen molar-refractivity contribution < 1.29 is 0 Å². The molecule has 90 valence electrons. The number of halogens is 1. The van der Waals surface area contributed by atoms with Crippen molar-refractivity contribution in [1.82, 2.24) is 9.78 Å². The van der Waals surface area contributed by atoms with E-state index >= 15 is 0 Å². The number of benzene rings is 1. The van der Waals surface area contributed by atoms with E-state index in [-0.39, 0.29) is 0 Å². The second-order valence-corrected chi connectivity index (χ2v) is 4.51. The summed E-state index contributed by atoms with van der Waals surface area (Å²) in [5.74, 6) is 0.529. The molecule has 3 heteroatoms. The Bertz CT molecular complexity index is 485. The summed E-state index contributed by atoms with van der Waals surface area (Å²) in [6.07, 6.45) is 3.98. The van der Waals surface area contributed by atoms with Crippen molar-refractivity contribution in [2.45, 2.75) is 32.6 Å². The number of nitrogens with zero attached hydrogens (tertiary/aromatic N) is 2. The molecule has 0 amide bonds. The van der Waals surface area contributed by atoms with Gasteiger partial charge >= 0.3 is 0 Å². The van der Waals surface area contributed by atoms with Gasteiger partial charge in [0.2, 0.25) is 0 Å². The van der Waals surface area contributed by atoms with Crippen molar-refractivity contribution in [2.75, 3.05) is 0 Å². The van der Waals surface area contributed by atoms with Gasteiger partial charge < -0.3 is 0 Å². The lowest BCUT2D eigenvalue weighted by Gasteiger charge is -2.08. The summed E-state index contributed by atoms with van der Waals surface area (Å²) in [7, 11) is 0. The van der Waals surface area contributed by atoms with Crippen LogP contribution >= 0.6 is 11.6 Å². The molecule has 1 aromatic heterocycles. The molecule has 0 spiro atoms. The van der Waals surface area contributed by atoms with Gasteiger partial charge in [0, 0.05) is 11.3 Å². The molecule has 0 saturated carbocycles. The summed E-state index contributed by atoms with van der Waals surface area (Å²) >= 11 is 5.94. The van der Waals surface area contributed by atoms with Crippen molar-refractivity contribution in [1.29, 1.82) is 0 Å². The Morgan fingerprint density at radius 1 is 1.24 bits per heavy atom. The van der Waals surface area contributed by atoms with Gasteiger partial charge in [-0.15, -0.1) is 11.6 Å². The van der Waals surface area contributed by atoms with Gasteiger partial charge in [-0.3, -0.25) is 0 Å². The molecular formula is C14H17ClN2.